The molecule has 0 aromatic rings. The van der Waals surface area contributed by atoms with Gasteiger partial charge in [-0.05, 0) is 12.8 Å². The molecule has 0 atom stereocenters. The molecule has 0 aromatic carbocycles. The third kappa shape index (κ3) is 9.77. The molecular formula is C9H18ClNO3. The first-order valence-corrected chi connectivity index (χ1v) is 5.24. The van der Waals surface area contributed by atoms with Crippen molar-refractivity contribution in [2.75, 3.05) is 39.4 Å². The van der Waals surface area contributed by atoms with Crippen molar-refractivity contribution < 1.29 is 14.3 Å². The Morgan fingerprint density at radius 2 is 2.14 bits per heavy atom. The molecule has 0 saturated heterocycles. The number of hydrogen-bond acceptors (Lipinski definition) is 3. The fraction of sp³-hybridized carbons (Fsp3) is 0.889. The highest BCUT2D eigenvalue weighted by atomic mass is 35.5. The molecule has 5 heteroatoms. The Hall–Kier alpha value is -0.320. The first kappa shape index (κ1) is 13.7. The highest BCUT2D eigenvalue weighted by Gasteiger charge is 1.99. The van der Waals surface area contributed by atoms with Crippen molar-refractivity contribution in [3.63, 3.8) is 0 Å². The van der Waals surface area contributed by atoms with Crippen LogP contribution in [-0.4, -0.2) is 45.3 Å². The van der Waals surface area contributed by atoms with E-state index in [1.807, 2.05) is 0 Å². The molecule has 0 aliphatic rings. The van der Waals surface area contributed by atoms with Gasteiger partial charge in [0.25, 0.3) is 0 Å². The van der Waals surface area contributed by atoms with Gasteiger partial charge >= 0.3 is 0 Å². The number of carbonyl (C=O) groups excluding carboxylic acids is 1. The number of halogens is 1. The van der Waals surface area contributed by atoms with Gasteiger partial charge in [-0.15, -0.1) is 11.6 Å². The zero-order valence-corrected chi connectivity index (χ0v) is 9.31. The topological polar surface area (TPSA) is 47.6 Å². The average Bonchev–Trinajstić information content (AvgIpc) is 2.19. The first-order chi connectivity index (χ1) is 6.81. The summed E-state index contributed by atoms with van der Waals surface area (Å²) in [5.74, 6) is 0.552. The summed E-state index contributed by atoms with van der Waals surface area (Å²) in [6, 6.07) is 0. The van der Waals surface area contributed by atoms with Crippen LogP contribution in [0.15, 0.2) is 0 Å². The quantitative estimate of drug-likeness (QED) is 0.464. The number of nitrogens with one attached hydrogen (secondary N) is 1. The van der Waals surface area contributed by atoms with E-state index in [-0.39, 0.29) is 12.5 Å². The van der Waals surface area contributed by atoms with Gasteiger partial charge in [0.1, 0.15) is 6.61 Å². The maximum Gasteiger partial charge on any atom is 0.245 e. The maximum atomic E-state index is 11.1. The second-order valence-corrected chi connectivity index (χ2v) is 3.17. The summed E-state index contributed by atoms with van der Waals surface area (Å²) in [6.45, 7) is 1.73. The van der Waals surface area contributed by atoms with Crippen LogP contribution < -0.4 is 5.32 Å². The molecular weight excluding hydrogens is 206 g/mol. The number of hydrogen-bond donors (Lipinski definition) is 1. The minimum Gasteiger partial charge on any atom is -0.382 e. The van der Waals surface area contributed by atoms with Crippen molar-refractivity contribution in [2.45, 2.75) is 12.8 Å². The van der Waals surface area contributed by atoms with Crippen molar-refractivity contribution in [1.29, 1.82) is 0 Å². The molecule has 0 rings (SSSR count). The van der Waals surface area contributed by atoms with Crippen LogP contribution in [0.2, 0.25) is 0 Å². The van der Waals surface area contributed by atoms with Crippen LogP contribution in [0.5, 0.6) is 0 Å². The Morgan fingerprint density at radius 1 is 1.36 bits per heavy atom. The van der Waals surface area contributed by atoms with E-state index in [0.29, 0.717) is 25.6 Å². The molecule has 0 spiro atoms. The molecule has 14 heavy (non-hydrogen) atoms. The van der Waals surface area contributed by atoms with Crippen LogP contribution in [0.25, 0.3) is 0 Å². The average molecular weight is 224 g/mol. The summed E-state index contributed by atoms with van der Waals surface area (Å²) in [7, 11) is 1.59. The van der Waals surface area contributed by atoms with E-state index in [0.717, 1.165) is 12.8 Å². The van der Waals surface area contributed by atoms with E-state index in [1.165, 1.54) is 0 Å². The van der Waals surface area contributed by atoms with Gasteiger partial charge in [-0.1, -0.05) is 0 Å². The number of methoxy groups -OCH3 is 1. The fourth-order valence-electron chi connectivity index (χ4n) is 0.805. The predicted molar refractivity (Wildman–Crippen MR) is 55.7 cm³/mol. The minimum atomic E-state index is -0.0873. The van der Waals surface area contributed by atoms with Gasteiger partial charge in [0.2, 0.25) is 5.91 Å². The van der Waals surface area contributed by atoms with Gasteiger partial charge in [0.05, 0.1) is 13.2 Å². The minimum absolute atomic E-state index is 0.0873. The second kappa shape index (κ2) is 10.8. The zero-order chi connectivity index (χ0) is 10.6. The molecule has 0 radical (unpaired) electrons. The van der Waals surface area contributed by atoms with Crippen molar-refractivity contribution >= 4 is 17.5 Å². The normalized spacial score (nSPS) is 10.1. The van der Waals surface area contributed by atoms with E-state index < -0.39 is 0 Å². The van der Waals surface area contributed by atoms with Crippen LogP contribution in [0.1, 0.15) is 12.8 Å². The lowest BCUT2D eigenvalue weighted by molar-refractivity contribution is -0.126. The molecule has 0 aliphatic carbocycles. The monoisotopic (exact) mass is 223 g/mol. The van der Waals surface area contributed by atoms with Crippen LogP contribution >= 0.6 is 11.6 Å². The van der Waals surface area contributed by atoms with E-state index in [9.17, 15) is 4.79 Å². The third-order valence-corrected chi connectivity index (χ3v) is 1.81. The molecule has 4 nitrogen and oxygen atoms in total. The summed E-state index contributed by atoms with van der Waals surface area (Å²) in [6.07, 6.45) is 1.83. The summed E-state index contributed by atoms with van der Waals surface area (Å²) in [5, 5.41) is 2.73. The molecule has 0 fully saturated rings. The van der Waals surface area contributed by atoms with Gasteiger partial charge in [-0.3, -0.25) is 4.79 Å². The predicted octanol–water partition coefficient (Wildman–Crippen LogP) is 0.785. The van der Waals surface area contributed by atoms with Crippen LogP contribution in [-0.2, 0) is 14.3 Å². The van der Waals surface area contributed by atoms with E-state index in [4.69, 9.17) is 21.1 Å². The second-order valence-electron chi connectivity index (χ2n) is 2.79. The molecule has 84 valence electrons. The Kier molecular flexibility index (Phi) is 10.5. The summed E-state index contributed by atoms with van der Waals surface area (Å²) in [4.78, 5) is 11.1. The van der Waals surface area contributed by atoms with Gasteiger partial charge in [0.15, 0.2) is 0 Å². The maximum absolute atomic E-state index is 11.1. The molecule has 0 heterocycles. The van der Waals surface area contributed by atoms with Crippen LogP contribution in [0, 0.1) is 0 Å². The van der Waals surface area contributed by atoms with Crippen molar-refractivity contribution in [1.82, 2.24) is 5.32 Å². The standard InChI is InChI=1S/C9H18ClNO3/c1-13-6-7-14-8-9(12)11-5-3-2-4-10/h2-8H2,1H3,(H,11,12). The van der Waals surface area contributed by atoms with Gasteiger partial charge in [-0.25, -0.2) is 0 Å². The SMILES string of the molecule is COCCOCC(=O)NCCCCCl. The Balaban J connectivity index is 3.11. The molecule has 0 aromatic heterocycles. The van der Waals surface area contributed by atoms with E-state index in [1.54, 1.807) is 7.11 Å². The number of ether oxygens (including phenoxy) is 2. The first-order valence-electron chi connectivity index (χ1n) is 4.70. The molecule has 1 N–H and O–H groups in total. The summed E-state index contributed by atoms with van der Waals surface area (Å²) >= 11 is 5.48. The number of rotatable bonds is 9. The molecule has 0 unspecified atom stereocenters. The number of unbranched alkanes of at least 4 members (excludes halogenated alkanes) is 1. The zero-order valence-electron chi connectivity index (χ0n) is 8.55. The van der Waals surface area contributed by atoms with Crippen LogP contribution in [0.3, 0.4) is 0 Å². The lowest BCUT2D eigenvalue weighted by Gasteiger charge is -2.05. The molecule has 1 amide bonds. The molecule has 0 aliphatic heterocycles. The van der Waals surface area contributed by atoms with E-state index in [2.05, 4.69) is 5.32 Å². The Bertz CT molecular complexity index is 130. The summed E-state index contributed by atoms with van der Waals surface area (Å²) in [5.41, 5.74) is 0. The number of alkyl halides is 1. The largest absolute Gasteiger partial charge is 0.382 e. The van der Waals surface area contributed by atoms with Crippen molar-refractivity contribution in [2.24, 2.45) is 0 Å². The highest BCUT2D eigenvalue weighted by Crippen LogP contribution is 1.89. The van der Waals surface area contributed by atoms with Crippen LogP contribution in [0.4, 0.5) is 0 Å². The number of carbonyl (C=O) groups is 1. The number of amides is 1. The van der Waals surface area contributed by atoms with Crippen molar-refractivity contribution in [3.8, 4) is 0 Å². The Morgan fingerprint density at radius 3 is 2.79 bits per heavy atom. The smallest absolute Gasteiger partial charge is 0.245 e. The molecule has 0 saturated carbocycles. The lowest BCUT2D eigenvalue weighted by atomic mass is 10.3. The molecule has 0 bridgehead atoms. The van der Waals surface area contributed by atoms with Gasteiger partial charge in [-0.2, -0.15) is 0 Å². The third-order valence-electron chi connectivity index (χ3n) is 1.55. The highest BCUT2D eigenvalue weighted by molar-refractivity contribution is 6.17. The lowest BCUT2D eigenvalue weighted by Crippen LogP contribution is -2.29. The fourth-order valence-corrected chi connectivity index (χ4v) is 0.994. The Labute approximate surface area is 89.9 Å². The van der Waals surface area contributed by atoms with E-state index >= 15 is 0 Å². The van der Waals surface area contributed by atoms with Gasteiger partial charge < -0.3 is 14.8 Å². The summed E-state index contributed by atoms with van der Waals surface area (Å²) < 4.78 is 9.80. The van der Waals surface area contributed by atoms with Crippen molar-refractivity contribution in [3.05, 3.63) is 0 Å². The van der Waals surface area contributed by atoms with Gasteiger partial charge in [0, 0.05) is 19.5 Å².